The van der Waals surface area contributed by atoms with Crippen LogP contribution in [0.4, 0.5) is 20.2 Å². The molecular weight excluding hydrogens is 476 g/mol. The Morgan fingerprint density at radius 1 is 1.00 bits per heavy atom. The molecule has 0 aromatic heterocycles. The first-order valence-electron chi connectivity index (χ1n) is 11.5. The van der Waals surface area contributed by atoms with Crippen LogP contribution in [0.25, 0.3) is 0 Å². The minimum absolute atomic E-state index is 0.000520. The smallest absolute Gasteiger partial charge is 0.243 e. The van der Waals surface area contributed by atoms with E-state index in [0.717, 1.165) is 37.0 Å². The first-order valence-corrected chi connectivity index (χ1v) is 13.0. The lowest BCUT2D eigenvalue weighted by Gasteiger charge is -2.31. The molecule has 0 bridgehead atoms. The van der Waals surface area contributed by atoms with Gasteiger partial charge in [-0.1, -0.05) is 31.4 Å². The van der Waals surface area contributed by atoms with Crippen molar-refractivity contribution in [3.05, 3.63) is 60.2 Å². The van der Waals surface area contributed by atoms with Gasteiger partial charge in [-0.3, -0.25) is 23.5 Å². The summed E-state index contributed by atoms with van der Waals surface area (Å²) in [7, 11) is -1.93. The Balaban J connectivity index is 1.68. The number of amides is 3. The Morgan fingerprint density at radius 3 is 2.31 bits per heavy atom. The van der Waals surface area contributed by atoms with E-state index in [1.54, 1.807) is 0 Å². The molecular formula is C25H29F2N3O4S. The van der Waals surface area contributed by atoms with Crippen LogP contribution < -0.4 is 15.5 Å². The van der Waals surface area contributed by atoms with Gasteiger partial charge in [-0.15, -0.1) is 0 Å². The summed E-state index contributed by atoms with van der Waals surface area (Å²) >= 11 is 0. The average molecular weight is 506 g/mol. The average Bonchev–Trinajstić information content (AvgIpc) is 2.82. The zero-order chi connectivity index (χ0) is 25.4. The van der Waals surface area contributed by atoms with Crippen molar-refractivity contribution in [1.29, 1.82) is 0 Å². The number of rotatable bonds is 9. The molecule has 0 saturated heterocycles. The molecule has 0 spiro atoms. The zero-order valence-electron chi connectivity index (χ0n) is 19.5. The monoisotopic (exact) mass is 505 g/mol. The van der Waals surface area contributed by atoms with Crippen molar-refractivity contribution in [1.82, 2.24) is 5.32 Å². The van der Waals surface area contributed by atoms with Crippen molar-refractivity contribution in [2.75, 3.05) is 21.7 Å². The van der Waals surface area contributed by atoms with Crippen LogP contribution in [0.15, 0.2) is 48.5 Å². The normalized spacial score (nSPS) is 15.6. The lowest BCUT2D eigenvalue weighted by atomic mass is 9.95. The predicted molar refractivity (Wildman–Crippen MR) is 131 cm³/mol. The van der Waals surface area contributed by atoms with Crippen LogP contribution in [0, 0.1) is 11.6 Å². The largest absolute Gasteiger partial charge is 0.352 e. The van der Waals surface area contributed by atoms with E-state index in [1.165, 1.54) is 55.5 Å². The van der Waals surface area contributed by atoms with Crippen LogP contribution >= 0.6 is 0 Å². The van der Waals surface area contributed by atoms with E-state index < -0.39 is 57.7 Å². The minimum atomic E-state index is -1.93. The number of nitrogens with zero attached hydrogens (tertiary/aromatic N) is 1. The summed E-state index contributed by atoms with van der Waals surface area (Å²) in [4.78, 5) is 39.3. The number of carbonyl (C=O) groups excluding carboxylic acids is 3. The van der Waals surface area contributed by atoms with Gasteiger partial charge in [0.15, 0.2) is 0 Å². The summed E-state index contributed by atoms with van der Waals surface area (Å²) in [5.41, 5.74) is 0.220. The fourth-order valence-corrected chi connectivity index (χ4v) is 4.91. The molecule has 3 amide bonds. The maximum Gasteiger partial charge on any atom is 0.243 e. The molecule has 0 radical (unpaired) electrons. The molecule has 1 aliphatic rings. The lowest BCUT2D eigenvalue weighted by molar-refractivity contribution is -0.126. The second kappa shape index (κ2) is 12.5. The quantitative estimate of drug-likeness (QED) is 0.545. The number of hydrogen-bond donors (Lipinski definition) is 2. The molecule has 188 valence electrons. The van der Waals surface area contributed by atoms with Gasteiger partial charge in [-0.05, 0) is 56.2 Å². The number of benzene rings is 2. The molecule has 35 heavy (non-hydrogen) atoms. The SMILES string of the molecule is CC(C(=O)NC1CCCCC1)N(C(=O)CS(=O)CC(=O)Nc1ccc(F)cc1)c1ccccc1F. The fourth-order valence-electron chi connectivity index (χ4n) is 4.03. The van der Waals surface area contributed by atoms with E-state index >= 15 is 0 Å². The summed E-state index contributed by atoms with van der Waals surface area (Å²) in [6, 6.07) is 9.55. The highest BCUT2D eigenvalue weighted by Crippen LogP contribution is 2.23. The van der Waals surface area contributed by atoms with Gasteiger partial charge >= 0.3 is 0 Å². The highest BCUT2D eigenvalue weighted by atomic mass is 32.2. The van der Waals surface area contributed by atoms with Crippen molar-refractivity contribution in [3.63, 3.8) is 0 Å². The Hall–Kier alpha value is -3.14. The first kappa shape index (κ1) is 26.5. The number of anilines is 2. The van der Waals surface area contributed by atoms with Gasteiger partial charge in [0.25, 0.3) is 0 Å². The van der Waals surface area contributed by atoms with Crippen LogP contribution in [0.1, 0.15) is 39.0 Å². The zero-order valence-corrected chi connectivity index (χ0v) is 20.3. The fraction of sp³-hybridized carbons (Fsp3) is 0.400. The van der Waals surface area contributed by atoms with Gasteiger partial charge in [0.2, 0.25) is 17.7 Å². The topological polar surface area (TPSA) is 95.6 Å². The molecule has 0 aliphatic heterocycles. The molecule has 3 rings (SSSR count). The summed E-state index contributed by atoms with van der Waals surface area (Å²) in [5.74, 6) is -4.01. The van der Waals surface area contributed by atoms with Gasteiger partial charge in [0.1, 0.15) is 29.2 Å². The van der Waals surface area contributed by atoms with Crippen molar-refractivity contribution in [2.24, 2.45) is 0 Å². The molecule has 0 heterocycles. The van der Waals surface area contributed by atoms with Gasteiger partial charge in [0.05, 0.1) is 5.69 Å². The van der Waals surface area contributed by atoms with E-state index in [-0.39, 0.29) is 11.7 Å². The van der Waals surface area contributed by atoms with Crippen LogP contribution in [0.3, 0.4) is 0 Å². The molecule has 7 nitrogen and oxygen atoms in total. The standard InChI is InChI=1S/C25H29F2N3O4S/c1-17(25(33)29-19-7-3-2-4-8-19)30(22-10-6-5-9-21(22)27)24(32)16-35(34)15-23(31)28-20-13-11-18(26)12-14-20/h5-6,9-14,17,19H,2-4,7-8,15-16H2,1H3,(H,28,31)(H,29,33). The predicted octanol–water partition coefficient (Wildman–Crippen LogP) is 3.52. The van der Waals surface area contributed by atoms with E-state index in [9.17, 15) is 27.4 Å². The molecule has 2 atom stereocenters. The number of hydrogen-bond acceptors (Lipinski definition) is 4. The minimum Gasteiger partial charge on any atom is -0.352 e. The third-order valence-electron chi connectivity index (χ3n) is 5.80. The van der Waals surface area contributed by atoms with Crippen molar-refractivity contribution < 1.29 is 27.4 Å². The number of carbonyl (C=O) groups is 3. The van der Waals surface area contributed by atoms with Crippen LogP contribution in [0.2, 0.25) is 0 Å². The van der Waals surface area contributed by atoms with E-state index in [1.807, 2.05) is 0 Å². The summed E-state index contributed by atoms with van der Waals surface area (Å²) in [5, 5.41) is 5.42. The number of nitrogens with one attached hydrogen (secondary N) is 2. The number of halogens is 2. The first-order chi connectivity index (χ1) is 16.7. The molecule has 10 heteroatoms. The Labute approximate surface area is 205 Å². The third-order valence-corrected chi connectivity index (χ3v) is 6.96. The molecule has 1 fully saturated rings. The maximum atomic E-state index is 14.6. The molecule has 2 aromatic rings. The maximum absolute atomic E-state index is 14.6. The molecule has 1 aliphatic carbocycles. The Bertz CT molecular complexity index is 1070. The molecule has 1 saturated carbocycles. The van der Waals surface area contributed by atoms with E-state index in [2.05, 4.69) is 10.6 Å². The van der Waals surface area contributed by atoms with Crippen LogP contribution in [-0.2, 0) is 25.2 Å². The van der Waals surface area contributed by atoms with Crippen LogP contribution in [0.5, 0.6) is 0 Å². The highest BCUT2D eigenvalue weighted by molar-refractivity contribution is 7.86. The van der Waals surface area contributed by atoms with E-state index in [0.29, 0.717) is 5.69 Å². The summed E-state index contributed by atoms with van der Waals surface area (Å²) in [6.07, 6.45) is 4.82. The second-order valence-corrected chi connectivity index (χ2v) is 9.98. The third kappa shape index (κ3) is 7.68. The molecule has 2 unspecified atom stereocenters. The van der Waals surface area contributed by atoms with Gasteiger partial charge < -0.3 is 10.6 Å². The number of para-hydroxylation sites is 1. The summed E-state index contributed by atoms with van der Waals surface area (Å²) in [6.45, 7) is 1.49. The Kier molecular flexibility index (Phi) is 9.47. The van der Waals surface area contributed by atoms with Gasteiger partial charge in [0, 0.05) is 22.5 Å². The summed E-state index contributed by atoms with van der Waals surface area (Å²) < 4.78 is 40.2. The van der Waals surface area contributed by atoms with Crippen molar-refractivity contribution >= 4 is 39.9 Å². The lowest BCUT2D eigenvalue weighted by Crippen LogP contribution is -2.52. The van der Waals surface area contributed by atoms with Gasteiger partial charge in [-0.25, -0.2) is 8.78 Å². The van der Waals surface area contributed by atoms with Crippen molar-refractivity contribution in [3.8, 4) is 0 Å². The van der Waals surface area contributed by atoms with E-state index in [4.69, 9.17) is 0 Å². The second-order valence-electron chi connectivity index (χ2n) is 8.52. The molecule has 2 N–H and O–H groups in total. The Morgan fingerprint density at radius 2 is 1.66 bits per heavy atom. The molecule has 2 aromatic carbocycles. The van der Waals surface area contributed by atoms with Crippen LogP contribution in [-0.4, -0.2) is 45.5 Å². The van der Waals surface area contributed by atoms with Gasteiger partial charge in [-0.2, -0.15) is 0 Å². The van der Waals surface area contributed by atoms with Crippen molar-refractivity contribution in [2.45, 2.75) is 51.1 Å². The highest BCUT2D eigenvalue weighted by Gasteiger charge is 2.31.